The Morgan fingerprint density at radius 2 is 2.09 bits per heavy atom. The van der Waals surface area contributed by atoms with Crippen LogP contribution in [-0.2, 0) is 11.3 Å². The fraction of sp³-hybridized carbons (Fsp3) is 0.455. The molecule has 0 spiro atoms. The lowest BCUT2D eigenvalue weighted by molar-refractivity contribution is -0.380. The van der Waals surface area contributed by atoms with Crippen molar-refractivity contribution in [3.8, 4) is 0 Å². The predicted octanol–water partition coefficient (Wildman–Crippen LogP) is 3.59. The van der Waals surface area contributed by atoms with Gasteiger partial charge in [0.15, 0.2) is 5.11 Å². The first-order valence-electron chi connectivity index (χ1n) is 11.0. The average Bonchev–Trinajstić information content (AvgIpc) is 3.44. The van der Waals surface area contributed by atoms with Crippen LogP contribution in [0.15, 0.2) is 30.3 Å². The van der Waals surface area contributed by atoms with Crippen molar-refractivity contribution in [3.05, 3.63) is 56.7 Å². The molecular weight excluding hydrogens is 481 g/mol. The van der Waals surface area contributed by atoms with Gasteiger partial charge in [-0.3, -0.25) is 19.9 Å². The molecule has 0 unspecified atom stereocenters. The van der Waals surface area contributed by atoms with Crippen LogP contribution in [0.1, 0.15) is 29.2 Å². The number of rotatable bonds is 7. The Labute approximate surface area is 206 Å². The SMILES string of the molecule is CNC(=S)NC[C@H]1CN(c2ccc(C3CCN(Cc4ccc([N+](=O)[O-])s4)CC3)c(F)c2)C(=O)O1. The molecule has 2 fully saturated rings. The number of nitrogens with one attached hydrogen (secondary N) is 2. The minimum absolute atomic E-state index is 0.0907. The van der Waals surface area contributed by atoms with Gasteiger partial charge in [-0.1, -0.05) is 17.4 Å². The van der Waals surface area contributed by atoms with Crippen LogP contribution in [0.25, 0.3) is 0 Å². The molecule has 2 N–H and O–H groups in total. The van der Waals surface area contributed by atoms with Crippen LogP contribution >= 0.6 is 23.6 Å². The van der Waals surface area contributed by atoms with E-state index in [1.54, 1.807) is 25.2 Å². The molecule has 0 radical (unpaired) electrons. The number of halogens is 1. The third-order valence-corrected chi connectivity index (χ3v) is 7.49. The number of nitrogens with zero attached hydrogens (tertiary/aromatic N) is 3. The molecular formula is C22H26FN5O4S2. The Morgan fingerprint density at radius 1 is 1.32 bits per heavy atom. The molecule has 2 aliphatic rings. The van der Waals surface area contributed by atoms with Crippen molar-refractivity contribution in [3.63, 3.8) is 0 Å². The molecule has 1 atom stereocenters. The molecule has 12 heteroatoms. The summed E-state index contributed by atoms with van der Waals surface area (Å²) in [6.45, 7) is 2.94. The highest BCUT2D eigenvalue weighted by Gasteiger charge is 2.33. The van der Waals surface area contributed by atoms with Crippen molar-refractivity contribution < 1.29 is 18.8 Å². The second kappa shape index (κ2) is 10.6. The van der Waals surface area contributed by atoms with Crippen LogP contribution in [0.5, 0.6) is 0 Å². The molecule has 2 saturated heterocycles. The quantitative estimate of drug-likeness (QED) is 0.333. The van der Waals surface area contributed by atoms with E-state index in [0.717, 1.165) is 30.8 Å². The molecule has 1 amide bonds. The number of benzene rings is 1. The third-order valence-electron chi connectivity index (χ3n) is 6.12. The summed E-state index contributed by atoms with van der Waals surface area (Å²) in [5, 5.41) is 17.3. The van der Waals surface area contributed by atoms with Crippen molar-refractivity contribution in [1.29, 1.82) is 0 Å². The van der Waals surface area contributed by atoms with Gasteiger partial charge in [-0.15, -0.1) is 0 Å². The maximum atomic E-state index is 15.0. The van der Waals surface area contributed by atoms with Crippen molar-refractivity contribution in [2.75, 3.05) is 38.1 Å². The number of ether oxygens (including phenoxy) is 1. The molecule has 2 aromatic rings. The number of thiophene rings is 1. The van der Waals surface area contributed by atoms with Crippen molar-refractivity contribution in [2.24, 2.45) is 0 Å². The highest BCUT2D eigenvalue weighted by atomic mass is 32.1. The lowest BCUT2D eigenvalue weighted by atomic mass is 9.89. The van der Waals surface area contributed by atoms with E-state index in [1.165, 1.54) is 28.4 Å². The van der Waals surface area contributed by atoms with E-state index >= 15 is 4.39 Å². The van der Waals surface area contributed by atoms with E-state index in [0.29, 0.717) is 36.0 Å². The number of carbonyl (C=O) groups excluding carboxylic acids is 1. The number of hydrogen-bond donors (Lipinski definition) is 2. The van der Waals surface area contributed by atoms with Crippen LogP contribution in [0.4, 0.5) is 19.9 Å². The first-order chi connectivity index (χ1) is 16.3. The van der Waals surface area contributed by atoms with Gasteiger partial charge in [0.2, 0.25) is 0 Å². The first kappa shape index (κ1) is 24.3. The molecule has 3 heterocycles. The summed E-state index contributed by atoms with van der Waals surface area (Å²) in [6.07, 6.45) is 0.718. The second-order valence-corrected chi connectivity index (χ2v) is 9.88. The van der Waals surface area contributed by atoms with E-state index < -0.39 is 6.09 Å². The van der Waals surface area contributed by atoms with Crippen LogP contribution in [0, 0.1) is 15.9 Å². The Balaban J connectivity index is 1.32. The summed E-state index contributed by atoms with van der Waals surface area (Å²) in [5.41, 5.74) is 1.13. The van der Waals surface area contributed by atoms with Gasteiger partial charge in [0.25, 0.3) is 0 Å². The Hall–Kier alpha value is -2.83. The highest BCUT2D eigenvalue weighted by molar-refractivity contribution is 7.80. The summed E-state index contributed by atoms with van der Waals surface area (Å²) >= 11 is 6.23. The van der Waals surface area contributed by atoms with E-state index in [1.807, 2.05) is 0 Å². The van der Waals surface area contributed by atoms with Crippen molar-refractivity contribution >= 4 is 45.4 Å². The molecule has 4 rings (SSSR count). The number of hydrogen-bond acceptors (Lipinski definition) is 7. The van der Waals surface area contributed by atoms with E-state index in [9.17, 15) is 14.9 Å². The number of nitro groups is 1. The van der Waals surface area contributed by atoms with Gasteiger partial charge in [0, 0.05) is 24.5 Å². The predicted molar refractivity (Wildman–Crippen MR) is 132 cm³/mol. The fourth-order valence-electron chi connectivity index (χ4n) is 4.32. The molecule has 0 aliphatic carbocycles. The standard InChI is InChI=1S/C22H26FN5O4S2/c1-24-21(33)25-11-16-12-27(22(29)32-16)15-2-4-18(19(23)10-15)14-6-8-26(9-7-14)13-17-3-5-20(34-17)28(30)31/h2-5,10,14,16H,6-9,11-13H2,1H3,(H2,24,25,33)/t16-/m0/s1. The molecule has 0 bridgehead atoms. The number of anilines is 1. The van der Waals surface area contributed by atoms with Gasteiger partial charge < -0.3 is 15.4 Å². The molecule has 1 aromatic heterocycles. The van der Waals surface area contributed by atoms with Crippen LogP contribution in [-0.4, -0.2) is 60.4 Å². The number of piperidine rings is 1. The number of thiocarbonyl (C=S) groups is 1. The summed E-state index contributed by atoms with van der Waals surface area (Å²) in [5.74, 6) is -0.233. The van der Waals surface area contributed by atoms with Gasteiger partial charge in [0.05, 0.1) is 23.7 Å². The van der Waals surface area contributed by atoms with Gasteiger partial charge in [-0.2, -0.15) is 0 Å². The number of likely N-dealkylation sites (tertiary alicyclic amines) is 1. The zero-order chi connectivity index (χ0) is 24.2. The lowest BCUT2D eigenvalue weighted by Crippen LogP contribution is -2.39. The zero-order valence-electron chi connectivity index (χ0n) is 18.7. The zero-order valence-corrected chi connectivity index (χ0v) is 20.3. The lowest BCUT2D eigenvalue weighted by Gasteiger charge is -2.32. The largest absolute Gasteiger partial charge is 0.442 e. The topological polar surface area (TPSA) is 100.0 Å². The van der Waals surface area contributed by atoms with Crippen molar-refractivity contribution in [1.82, 2.24) is 15.5 Å². The fourth-order valence-corrected chi connectivity index (χ4v) is 5.27. The first-order valence-corrected chi connectivity index (χ1v) is 12.2. The molecule has 0 saturated carbocycles. The van der Waals surface area contributed by atoms with E-state index in [2.05, 4.69) is 15.5 Å². The van der Waals surface area contributed by atoms with E-state index in [-0.39, 0.29) is 27.8 Å². The maximum Gasteiger partial charge on any atom is 0.414 e. The van der Waals surface area contributed by atoms with E-state index in [4.69, 9.17) is 17.0 Å². The number of amides is 1. The summed E-state index contributed by atoms with van der Waals surface area (Å²) in [6, 6.07) is 8.28. The normalized spacial score (nSPS) is 19.2. The summed E-state index contributed by atoms with van der Waals surface area (Å²) in [7, 11) is 1.70. The van der Waals surface area contributed by atoms with Crippen LogP contribution < -0.4 is 15.5 Å². The van der Waals surface area contributed by atoms with Gasteiger partial charge in [-0.25, -0.2) is 9.18 Å². The minimum Gasteiger partial charge on any atom is -0.442 e. The van der Waals surface area contributed by atoms with Gasteiger partial charge in [0.1, 0.15) is 11.9 Å². The molecule has 182 valence electrons. The number of cyclic esters (lactones) is 1. The summed E-state index contributed by atoms with van der Waals surface area (Å²) in [4.78, 5) is 27.4. The molecule has 2 aliphatic heterocycles. The second-order valence-electron chi connectivity index (χ2n) is 8.33. The molecule has 1 aromatic carbocycles. The Morgan fingerprint density at radius 3 is 2.74 bits per heavy atom. The highest BCUT2D eigenvalue weighted by Crippen LogP contribution is 2.34. The molecule has 9 nitrogen and oxygen atoms in total. The van der Waals surface area contributed by atoms with Gasteiger partial charge in [-0.05, 0) is 67.8 Å². The average molecular weight is 508 g/mol. The van der Waals surface area contributed by atoms with Gasteiger partial charge >= 0.3 is 11.1 Å². The van der Waals surface area contributed by atoms with Crippen LogP contribution in [0.2, 0.25) is 0 Å². The maximum absolute atomic E-state index is 15.0. The Kier molecular flexibility index (Phi) is 7.59. The van der Waals surface area contributed by atoms with Crippen LogP contribution in [0.3, 0.4) is 0 Å². The molecule has 34 heavy (non-hydrogen) atoms. The summed E-state index contributed by atoms with van der Waals surface area (Å²) < 4.78 is 20.4. The third kappa shape index (κ3) is 5.62. The minimum atomic E-state index is -0.503. The smallest absolute Gasteiger partial charge is 0.414 e. The van der Waals surface area contributed by atoms with Crippen molar-refractivity contribution in [2.45, 2.75) is 31.4 Å². The number of carbonyl (C=O) groups is 1. The Bertz CT molecular complexity index is 1070. The monoisotopic (exact) mass is 507 g/mol.